The molecule has 0 aliphatic heterocycles. The summed E-state index contributed by atoms with van der Waals surface area (Å²) in [6.45, 7) is 0.163. The van der Waals surface area contributed by atoms with Crippen LogP contribution in [0.5, 0.6) is 0 Å². The Kier molecular flexibility index (Phi) is 6.77. The fraction of sp³-hybridized carbons (Fsp3) is 0.0870. The number of amides is 1. The third-order valence-corrected chi connectivity index (χ3v) is 6.79. The highest BCUT2D eigenvalue weighted by molar-refractivity contribution is 7.99. The van der Waals surface area contributed by atoms with Crippen molar-refractivity contribution in [3.8, 4) is 0 Å². The lowest BCUT2D eigenvalue weighted by atomic mass is 10.2. The van der Waals surface area contributed by atoms with E-state index in [-0.39, 0.29) is 34.5 Å². The summed E-state index contributed by atoms with van der Waals surface area (Å²) in [7, 11) is -3.83. The lowest BCUT2D eigenvalue weighted by Gasteiger charge is -2.13. The molecule has 0 spiro atoms. The highest BCUT2D eigenvalue weighted by atomic mass is 32.2. The van der Waals surface area contributed by atoms with E-state index in [1.807, 2.05) is 0 Å². The van der Waals surface area contributed by atoms with Crippen LogP contribution in [0.4, 0.5) is 10.1 Å². The maximum absolute atomic E-state index is 13.3. The molecule has 3 N–H and O–H groups in total. The number of anilines is 1. The lowest BCUT2D eigenvalue weighted by Crippen LogP contribution is -2.25. The van der Waals surface area contributed by atoms with E-state index >= 15 is 0 Å². The Labute approximate surface area is 198 Å². The summed E-state index contributed by atoms with van der Waals surface area (Å²) in [6.07, 6.45) is 0. The minimum atomic E-state index is -3.83. The smallest absolute Gasteiger partial charge is 0.262 e. The Morgan fingerprint density at radius 3 is 2.38 bits per heavy atom. The monoisotopic (exact) mass is 498 g/mol. The Hall–Kier alpha value is -3.54. The summed E-state index contributed by atoms with van der Waals surface area (Å²) in [4.78, 5) is 30.1. The second-order valence-corrected chi connectivity index (χ2v) is 9.84. The van der Waals surface area contributed by atoms with Gasteiger partial charge in [0.15, 0.2) is 5.16 Å². The van der Waals surface area contributed by atoms with Crippen LogP contribution in [0.15, 0.2) is 87.6 Å². The number of sulfonamides is 1. The Morgan fingerprint density at radius 2 is 1.71 bits per heavy atom. The van der Waals surface area contributed by atoms with E-state index in [0.717, 1.165) is 11.8 Å². The van der Waals surface area contributed by atoms with Crippen molar-refractivity contribution in [1.82, 2.24) is 9.55 Å². The van der Waals surface area contributed by atoms with Crippen LogP contribution in [0.3, 0.4) is 0 Å². The number of nitrogens with two attached hydrogens (primary N) is 1. The van der Waals surface area contributed by atoms with Crippen molar-refractivity contribution < 1.29 is 17.6 Å². The Bertz CT molecular complexity index is 1520. The molecule has 0 aliphatic carbocycles. The third kappa shape index (κ3) is 5.50. The standard InChI is InChI=1S/C23H19FN4O4S2/c24-16-7-5-15(6-8-16)13-28-22(30)19-3-1-2-4-20(19)27-23(28)33-14-21(29)26-17-9-11-18(12-10-17)34(25,31)32/h1-12H,13-14H2,(H,26,29)(H2,25,31,32). The van der Waals surface area contributed by atoms with Gasteiger partial charge in [0, 0.05) is 5.69 Å². The molecule has 11 heteroatoms. The quantitative estimate of drug-likeness (QED) is 0.298. The van der Waals surface area contributed by atoms with Gasteiger partial charge in [-0.3, -0.25) is 14.2 Å². The van der Waals surface area contributed by atoms with Gasteiger partial charge in [-0.1, -0.05) is 36.0 Å². The third-order valence-electron chi connectivity index (χ3n) is 4.88. The first-order valence-electron chi connectivity index (χ1n) is 10.0. The van der Waals surface area contributed by atoms with Crippen molar-refractivity contribution in [2.75, 3.05) is 11.1 Å². The van der Waals surface area contributed by atoms with Crippen molar-refractivity contribution in [2.24, 2.45) is 5.14 Å². The highest BCUT2D eigenvalue weighted by Crippen LogP contribution is 2.20. The summed E-state index contributed by atoms with van der Waals surface area (Å²) < 4.78 is 37.5. The molecular weight excluding hydrogens is 479 g/mol. The molecule has 1 heterocycles. The zero-order valence-electron chi connectivity index (χ0n) is 17.6. The number of rotatable bonds is 7. The number of hydrogen-bond acceptors (Lipinski definition) is 6. The number of carbonyl (C=O) groups excluding carboxylic acids is 1. The molecule has 0 bridgehead atoms. The molecule has 0 aliphatic rings. The van der Waals surface area contributed by atoms with Gasteiger partial charge in [-0.25, -0.2) is 22.9 Å². The molecular formula is C23H19FN4O4S2. The van der Waals surface area contributed by atoms with E-state index in [2.05, 4.69) is 10.3 Å². The van der Waals surface area contributed by atoms with Gasteiger partial charge < -0.3 is 5.32 Å². The molecule has 1 aromatic heterocycles. The molecule has 1 amide bonds. The number of carbonyl (C=O) groups is 1. The zero-order valence-corrected chi connectivity index (χ0v) is 19.3. The van der Waals surface area contributed by atoms with Gasteiger partial charge in [0.2, 0.25) is 15.9 Å². The second-order valence-electron chi connectivity index (χ2n) is 7.34. The topological polar surface area (TPSA) is 124 Å². The summed E-state index contributed by atoms with van der Waals surface area (Å²) in [5, 5.41) is 8.52. The van der Waals surface area contributed by atoms with Gasteiger partial charge in [-0.2, -0.15) is 0 Å². The second kappa shape index (κ2) is 9.75. The van der Waals surface area contributed by atoms with Crippen molar-refractivity contribution in [3.05, 3.63) is 94.5 Å². The normalized spacial score (nSPS) is 11.5. The van der Waals surface area contributed by atoms with Crippen molar-refractivity contribution in [1.29, 1.82) is 0 Å². The minimum Gasteiger partial charge on any atom is -0.325 e. The first kappa shape index (κ1) is 23.6. The first-order chi connectivity index (χ1) is 16.2. The molecule has 0 fully saturated rings. The van der Waals surface area contributed by atoms with Crippen LogP contribution in [0.25, 0.3) is 10.9 Å². The molecule has 3 aromatic carbocycles. The van der Waals surface area contributed by atoms with Gasteiger partial charge in [0.05, 0.1) is 28.1 Å². The number of primary sulfonamides is 1. The number of halogens is 1. The zero-order chi connectivity index (χ0) is 24.3. The number of nitrogens with zero attached hydrogens (tertiary/aromatic N) is 2. The molecule has 34 heavy (non-hydrogen) atoms. The molecule has 4 aromatic rings. The van der Waals surface area contributed by atoms with Crippen LogP contribution >= 0.6 is 11.8 Å². The van der Waals surface area contributed by atoms with E-state index in [1.165, 1.54) is 41.0 Å². The Morgan fingerprint density at radius 1 is 1.03 bits per heavy atom. The summed E-state index contributed by atoms with van der Waals surface area (Å²) in [5.74, 6) is -0.800. The maximum Gasteiger partial charge on any atom is 0.262 e. The summed E-state index contributed by atoms with van der Waals surface area (Å²) >= 11 is 1.08. The SMILES string of the molecule is NS(=O)(=O)c1ccc(NC(=O)CSc2nc3ccccc3c(=O)n2Cc2ccc(F)cc2)cc1. The number of thioether (sulfide) groups is 1. The molecule has 8 nitrogen and oxygen atoms in total. The van der Waals surface area contributed by atoms with Gasteiger partial charge in [-0.05, 0) is 54.1 Å². The average molecular weight is 499 g/mol. The highest BCUT2D eigenvalue weighted by Gasteiger charge is 2.14. The lowest BCUT2D eigenvalue weighted by molar-refractivity contribution is -0.113. The fourth-order valence-electron chi connectivity index (χ4n) is 3.22. The van der Waals surface area contributed by atoms with Crippen LogP contribution in [0, 0.1) is 5.82 Å². The molecule has 0 saturated heterocycles. The van der Waals surface area contributed by atoms with Crippen LogP contribution in [0.1, 0.15) is 5.56 Å². The predicted molar refractivity (Wildman–Crippen MR) is 129 cm³/mol. The fourth-order valence-corrected chi connectivity index (χ4v) is 4.54. The summed E-state index contributed by atoms with van der Waals surface area (Å²) in [5.41, 5.74) is 1.34. The van der Waals surface area contributed by atoms with E-state index in [0.29, 0.717) is 27.3 Å². The Balaban J connectivity index is 1.56. The van der Waals surface area contributed by atoms with Gasteiger partial charge >= 0.3 is 0 Å². The number of hydrogen-bond donors (Lipinski definition) is 2. The molecule has 0 radical (unpaired) electrons. The first-order valence-corrected chi connectivity index (χ1v) is 12.5. The van der Waals surface area contributed by atoms with Gasteiger partial charge in [-0.15, -0.1) is 0 Å². The van der Waals surface area contributed by atoms with Gasteiger partial charge in [0.1, 0.15) is 5.82 Å². The van der Waals surface area contributed by atoms with E-state index in [4.69, 9.17) is 5.14 Å². The molecule has 0 atom stereocenters. The molecule has 4 rings (SSSR count). The number of para-hydroxylation sites is 1. The summed E-state index contributed by atoms with van der Waals surface area (Å²) in [6, 6.07) is 18.2. The number of fused-ring (bicyclic) bond motifs is 1. The van der Waals surface area contributed by atoms with E-state index in [9.17, 15) is 22.4 Å². The van der Waals surface area contributed by atoms with Crippen molar-refractivity contribution >= 4 is 44.3 Å². The molecule has 0 saturated carbocycles. The van der Waals surface area contributed by atoms with Crippen LogP contribution < -0.4 is 16.0 Å². The van der Waals surface area contributed by atoms with Crippen LogP contribution in [0.2, 0.25) is 0 Å². The number of benzene rings is 3. The average Bonchev–Trinajstić information content (AvgIpc) is 2.81. The van der Waals surface area contributed by atoms with Gasteiger partial charge in [0.25, 0.3) is 5.56 Å². The van der Waals surface area contributed by atoms with Crippen LogP contribution in [-0.4, -0.2) is 29.6 Å². The van der Waals surface area contributed by atoms with Crippen LogP contribution in [-0.2, 0) is 21.4 Å². The number of aromatic nitrogens is 2. The van der Waals surface area contributed by atoms with Crippen molar-refractivity contribution in [3.63, 3.8) is 0 Å². The van der Waals surface area contributed by atoms with E-state index < -0.39 is 10.0 Å². The maximum atomic E-state index is 13.3. The largest absolute Gasteiger partial charge is 0.325 e. The van der Waals surface area contributed by atoms with E-state index in [1.54, 1.807) is 36.4 Å². The molecule has 0 unspecified atom stereocenters. The molecule has 174 valence electrons. The number of nitrogens with one attached hydrogen (secondary N) is 1. The minimum absolute atomic E-state index is 0.0505. The van der Waals surface area contributed by atoms with Crippen molar-refractivity contribution in [2.45, 2.75) is 16.6 Å². The predicted octanol–water partition coefficient (Wildman–Crippen LogP) is 2.96.